The van der Waals surface area contributed by atoms with E-state index in [0.29, 0.717) is 12.8 Å². The molecule has 0 fully saturated rings. The zero-order chi connectivity index (χ0) is 25.8. The fourth-order valence-corrected chi connectivity index (χ4v) is 4.59. The summed E-state index contributed by atoms with van der Waals surface area (Å²) in [6, 6.07) is -0.532. The Hall–Kier alpha value is -0.870. The van der Waals surface area contributed by atoms with Crippen LogP contribution in [-0.4, -0.2) is 34.9 Å². The van der Waals surface area contributed by atoms with Gasteiger partial charge in [-0.25, -0.2) is 0 Å². The standard InChI is InChI=1S/C31H61NO3/c1-3-5-7-9-11-13-14-15-16-17-18-19-21-23-25-27-31(35)32-29(28-33)30(34)26-24-22-20-12-10-8-6-4-2/h15-16,29-30,33-34H,3-14,17-28H2,1-2H3,(H,32,35)/b16-15-. The summed E-state index contributed by atoms with van der Waals surface area (Å²) in [6.45, 7) is 4.30. The molecule has 0 aliphatic heterocycles. The van der Waals surface area contributed by atoms with Crippen LogP contribution in [0.1, 0.15) is 162 Å². The normalized spacial score (nSPS) is 13.4. The van der Waals surface area contributed by atoms with E-state index in [9.17, 15) is 15.0 Å². The number of carbonyl (C=O) groups excluding carboxylic acids is 1. The van der Waals surface area contributed by atoms with Crippen LogP contribution in [0.2, 0.25) is 0 Å². The van der Waals surface area contributed by atoms with Crippen molar-refractivity contribution in [3.8, 4) is 0 Å². The van der Waals surface area contributed by atoms with Crippen LogP contribution < -0.4 is 5.32 Å². The Kier molecular flexibility index (Phi) is 27.0. The highest BCUT2D eigenvalue weighted by Gasteiger charge is 2.19. The van der Waals surface area contributed by atoms with Crippen molar-refractivity contribution in [3.63, 3.8) is 0 Å². The molecule has 0 aliphatic rings. The average molecular weight is 496 g/mol. The van der Waals surface area contributed by atoms with Crippen molar-refractivity contribution in [3.05, 3.63) is 12.2 Å². The van der Waals surface area contributed by atoms with Gasteiger partial charge in [0.2, 0.25) is 5.91 Å². The minimum absolute atomic E-state index is 0.0448. The second kappa shape index (κ2) is 27.7. The SMILES string of the molecule is CCCCCCCC/C=C\CCCCCCCC(=O)NC(CO)C(O)CCCCCCCCCC. The van der Waals surface area contributed by atoms with E-state index < -0.39 is 12.1 Å². The van der Waals surface area contributed by atoms with Gasteiger partial charge < -0.3 is 15.5 Å². The Bertz CT molecular complexity index is 466. The third-order valence-corrected chi connectivity index (χ3v) is 7.03. The first-order chi connectivity index (χ1) is 17.2. The molecule has 208 valence electrons. The van der Waals surface area contributed by atoms with Crippen LogP contribution in [0, 0.1) is 0 Å². The van der Waals surface area contributed by atoms with Gasteiger partial charge in [-0.1, -0.05) is 129 Å². The van der Waals surface area contributed by atoms with E-state index in [4.69, 9.17) is 0 Å². The zero-order valence-electron chi connectivity index (χ0n) is 23.6. The van der Waals surface area contributed by atoms with Crippen LogP contribution in [-0.2, 0) is 4.79 Å². The fourth-order valence-electron chi connectivity index (χ4n) is 4.59. The summed E-state index contributed by atoms with van der Waals surface area (Å²) in [5, 5.41) is 22.8. The van der Waals surface area contributed by atoms with E-state index in [0.717, 1.165) is 25.7 Å². The van der Waals surface area contributed by atoms with Gasteiger partial charge in [0, 0.05) is 6.42 Å². The fraction of sp³-hybridized carbons (Fsp3) is 0.903. The molecule has 0 spiro atoms. The lowest BCUT2D eigenvalue weighted by Crippen LogP contribution is -2.45. The molecule has 0 aromatic rings. The monoisotopic (exact) mass is 495 g/mol. The van der Waals surface area contributed by atoms with Gasteiger partial charge in [0.25, 0.3) is 0 Å². The lowest BCUT2D eigenvalue weighted by atomic mass is 10.0. The van der Waals surface area contributed by atoms with Gasteiger partial charge >= 0.3 is 0 Å². The summed E-state index contributed by atoms with van der Waals surface area (Å²) in [4.78, 5) is 12.2. The highest BCUT2D eigenvalue weighted by Crippen LogP contribution is 2.13. The predicted octanol–water partition coefficient (Wildman–Crippen LogP) is 8.39. The van der Waals surface area contributed by atoms with Crippen LogP contribution in [0.3, 0.4) is 0 Å². The number of unbranched alkanes of at least 4 members (excludes halogenated alkanes) is 18. The first-order valence-electron chi connectivity index (χ1n) is 15.4. The van der Waals surface area contributed by atoms with Crippen molar-refractivity contribution >= 4 is 5.91 Å². The van der Waals surface area contributed by atoms with Crippen LogP contribution in [0.4, 0.5) is 0 Å². The number of aliphatic hydroxyl groups is 2. The molecule has 3 N–H and O–H groups in total. The number of aliphatic hydroxyl groups excluding tert-OH is 2. The van der Waals surface area contributed by atoms with E-state index in [-0.39, 0.29) is 12.5 Å². The van der Waals surface area contributed by atoms with Crippen LogP contribution in [0.5, 0.6) is 0 Å². The summed E-state index contributed by atoms with van der Waals surface area (Å²) in [5.41, 5.74) is 0. The van der Waals surface area contributed by atoms with Crippen molar-refractivity contribution < 1.29 is 15.0 Å². The van der Waals surface area contributed by atoms with Gasteiger partial charge in [-0.3, -0.25) is 4.79 Å². The summed E-state index contributed by atoms with van der Waals surface area (Å²) in [5.74, 6) is -0.0448. The molecule has 0 aromatic heterocycles. The van der Waals surface area contributed by atoms with Crippen molar-refractivity contribution in [1.82, 2.24) is 5.32 Å². The van der Waals surface area contributed by atoms with Crippen molar-refractivity contribution in [1.29, 1.82) is 0 Å². The zero-order valence-corrected chi connectivity index (χ0v) is 23.6. The Morgan fingerprint density at radius 2 is 1.09 bits per heavy atom. The molecule has 0 heterocycles. The summed E-state index contributed by atoms with van der Waals surface area (Å²) in [6.07, 6.45) is 31.1. The maximum Gasteiger partial charge on any atom is 0.220 e. The second-order valence-electron chi connectivity index (χ2n) is 10.5. The molecule has 0 saturated carbocycles. The second-order valence-corrected chi connectivity index (χ2v) is 10.5. The third kappa shape index (κ3) is 24.6. The molecule has 0 rings (SSSR count). The van der Waals surface area contributed by atoms with Crippen LogP contribution in [0.25, 0.3) is 0 Å². The van der Waals surface area contributed by atoms with Gasteiger partial charge in [-0.15, -0.1) is 0 Å². The Balaban J connectivity index is 3.60. The number of nitrogens with one attached hydrogen (secondary N) is 1. The minimum Gasteiger partial charge on any atom is -0.394 e. The number of rotatable bonds is 27. The molecule has 0 radical (unpaired) electrons. The van der Waals surface area contributed by atoms with Gasteiger partial charge in [0.1, 0.15) is 0 Å². The Morgan fingerprint density at radius 3 is 1.57 bits per heavy atom. The molecule has 4 heteroatoms. The number of hydrogen-bond acceptors (Lipinski definition) is 3. The number of carbonyl (C=O) groups is 1. The molecular weight excluding hydrogens is 434 g/mol. The van der Waals surface area contributed by atoms with Gasteiger partial charge in [-0.2, -0.15) is 0 Å². The van der Waals surface area contributed by atoms with E-state index in [1.54, 1.807) is 0 Å². The topological polar surface area (TPSA) is 69.6 Å². The number of allylic oxidation sites excluding steroid dienone is 2. The largest absolute Gasteiger partial charge is 0.394 e. The molecule has 0 aliphatic carbocycles. The van der Waals surface area contributed by atoms with Crippen LogP contribution in [0.15, 0.2) is 12.2 Å². The maximum absolute atomic E-state index is 12.2. The molecule has 35 heavy (non-hydrogen) atoms. The van der Waals surface area contributed by atoms with E-state index in [1.165, 1.54) is 109 Å². The molecule has 2 atom stereocenters. The van der Waals surface area contributed by atoms with Gasteiger partial charge in [0.05, 0.1) is 18.8 Å². The minimum atomic E-state index is -0.654. The molecule has 0 saturated heterocycles. The lowest BCUT2D eigenvalue weighted by Gasteiger charge is -2.22. The van der Waals surface area contributed by atoms with E-state index >= 15 is 0 Å². The van der Waals surface area contributed by atoms with Gasteiger partial charge in [-0.05, 0) is 38.5 Å². The van der Waals surface area contributed by atoms with Crippen molar-refractivity contribution in [2.75, 3.05) is 6.61 Å². The molecule has 4 nitrogen and oxygen atoms in total. The Labute approximate surface area is 218 Å². The smallest absolute Gasteiger partial charge is 0.220 e. The predicted molar refractivity (Wildman–Crippen MR) is 152 cm³/mol. The lowest BCUT2D eigenvalue weighted by molar-refractivity contribution is -0.123. The first kappa shape index (κ1) is 34.1. The van der Waals surface area contributed by atoms with Crippen LogP contribution >= 0.6 is 0 Å². The number of hydrogen-bond donors (Lipinski definition) is 3. The van der Waals surface area contributed by atoms with Crippen molar-refractivity contribution in [2.45, 2.75) is 174 Å². The van der Waals surface area contributed by atoms with E-state index in [2.05, 4.69) is 31.3 Å². The molecule has 1 amide bonds. The summed E-state index contributed by atoms with van der Waals surface area (Å²) >= 11 is 0. The highest BCUT2D eigenvalue weighted by molar-refractivity contribution is 5.76. The summed E-state index contributed by atoms with van der Waals surface area (Å²) < 4.78 is 0. The average Bonchev–Trinajstić information content (AvgIpc) is 2.86. The molecule has 2 unspecified atom stereocenters. The molecule has 0 bridgehead atoms. The first-order valence-corrected chi connectivity index (χ1v) is 15.4. The van der Waals surface area contributed by atoms with E-state index in [1.807, 2.05) is 0 Å². The molecule has 0 aromatic carbocycles. The number of amides is 1. The summed E-state index contributed by atoms with van der Waals surface area (Å²) in [7, 11) is 0. The Morgan fingerprint density at radius 1 is 0.657 bits per heavy atom. The van der Waals surface area contributed by atoms with Gasteiger partial charge in [0.15, 0.2) is 0 Å². The maximum atomic E-state index is 12.2. The quantitative estimate of drug-likeness (QED) is 0.0791. The van der Waals surface area contributed by atoms with Crippen molar-refractivity contribution in [2.24, 2.45) is 0 Å². The molecular formula is C31H61NO3. The highest BCUT2D eigenvalue weighted by atomic mass is 16.3. The third-order valence-electron chi connectivity index (χ3n) is 7.03.